The topological polar surface area (TPSA) is 85.1 Å². The number of rotatable bonds is 6. The van der Waals surface area contributed by atoms with Gasteiger partial charge in [-0.15, -0.1) is 0 Å². The van der Waals surface area contributed by atoms with Gasteiger partial charge >= 0.3 is 0 Å². The van der Waals surface area contributed by atoms with Gasteiger partial charge in [-0.3, -0.25) is 19.2 Å². The SMILES string of the molecule is CCn1nccc1N1CCCC(NC(=O)CCc2c(C)nn(C)c2C)C1=O. The number of nitrogens with zero attached hydrogens (tertiary/aromatic N) is 5. The van der Waals surface area contributed by atoms with Crippen LogP contribution in [0.5, 0.6) is 0 Å². The molecule has 1 unspecified atom stereocenters. The molecule has 0 radical (unpaired) electrons. The molecule has 0 aromatic carbocycles. The van der Waals surface area contributed by atoms with Crippen molar-refractivity contribution in [3.63, 3.8) is 0 Å². The smallest absolute Gasteiger partial charge is 0.250 e. The first-order valence-corrected chi connectivity index (χ1v) is 9.54. The Balaban J connectivity index is 1.61. The summed E-state index contributed by atoms with van der Waals surface area (Å²) in [4.78, 5) is 27.1. The van der Waals surface area contributed by atoms with Gasteiger partial charge in [0.05, 0.1) is 11.9 Å². The van der Waals surface area contributed by atoms with Gasteiger partial charge in [0.1, 0.15) is 11.9 Å². The van der Waals surface area contributed by atoms with Crippen LogP contribution in [0.2, 0.25) is 0 Å². The molecule has 27 heavy (non-hydrogen) atoms. The number of nitrogens with one attached hydrogen (secondary N) is 1. The lowest BCUT2D eigenvalue weighted by atomic mass is 10.0. The Morgan fingerprint density at radius 1 is 1.37 bits per heavy atom. The van der Waals surface area contributed by atoms with Gasteiger partial charge in [0, 0.05) is 38.3 Å². The lowest BCUT2D eigenvalue weighted by Crippen LogP contribution is -2.53. The molecule has 1 atom stereocenters. The van der Waals surface area contributed by atoms with Crippen LogP contribution >= 0.6 is 0 Å². The average molecular weight is 372 g/mol. The fourth-order valence-corrected chi connectivity index (χ4v) is 3.72. The largest absolute Gasteiger partial charge is 0.344 e. The molecule has 1 aliphatic rings. The Labute approximate surface area is 159 Å². The first-order valence-electron chi connectivity index (χ1n) is 9.54. The molecule has 3 heterocycles. The molecule has 3 rings (SSSR count). The van der Waals surface area contributed by atoms with Gasteiger partial charge < -0.3 is 5.32 Å². The van der Waals surface area contributed by atoms with Crippen molar-refractivity contribution in [2.45, 2.75) is 59.0 Å². The van der Waals surface area contributed by atoms with Crippen molar-refractivity contribution in [1.29, 1.82) is 0 Å². The maximum absolute atomic E-state index is 12.9. The average Bonchev–Trinajstić information content (AvgIpc) is 3.20. The van der Waals surface area contributed by atoms with Crippen molar-refractivity contribution in [1.82, 2.24) is 24.9 Å². The highest BCUT2D eigenvalue weighted by Crippen LogP contribution is 2.21. The maximum Gasteiger partial charge on any atom is 0.250 e. The second kappa shape index (κ2) is 7.94. The number of carbonyl (C=O) groups excluding carboxylic acids is 2. The molecule has 1 fully saturated rings. The lowest BCUT2D eigenvalue weighted by Gasteiger charge is -2.32. The van der Waals surface area contributed by atoms with Crippen LogP contribution < -0.4 is 10.2 Å². The second-order valence-electron chi connectivity index (χ2n) is 7.03. The predicted molar refractivity (Wildman–Crippen MR) is 102 cm³/mol. The van der Waals surface area contributed by atoms with Crippen LogP contribution in [0, 0.1) is 13.8 Å². The van der Waals surface area contributed by atoms with E-state index >= 15 is 0 Å². The van der Waals surface area contributed by atoms with Crippen LogP contribution in [0.15, 0.2) is 12.3 Å². The molecular formula is C19H28N6O2. The molecule has 2 aromatic rings. The first kappa shape index (κ1) is 19.1. The van der Waals surface area contributed by atoms with E-state index in [2.05, 4.69) is 15.5 Å². The van der Waals surface area contributed by atoms with Gasteiger partial charge in [-0.1, -0.05) is 0 Å². The zero-order valence-electron chi connectivity index (χ0n) is 16.5. The number of aromatic nitrogens is 4. The molecule has 1 saturated heterocycles. The third-order valence-electron chi connectivity index (χ3n) is 5.31. The van der Waals surface area contributed by atoms with Crippen LogP contribution in [0.1, 0.15) is 43.1 Å². The van der Waals surface area contributed by atoms with Crippen molar-refractivity contribution < 1.29 is 9.59 Å². The first-order chi connectivity index (χ1) is 12.9. The summed E-state index contributed by atoms with van der Waals surface area (Å²) >= 11 is 0. The van der Waals surface area contributed by atoms with Crippen molar-refractivity contribution >= 4 is 17.6 Å². The highest BCUT2D eigenvalue weighted by molar-refractivity contribution is 5.99. The van der Waals surface area contributed by atoms with Crippen LogP contribution in [0.3, 0.4) is 0 Å². The Hall–Kier alpha value is -2.64. The number of aryl methyl sites for hydroxylation is 3. The Kier molecular flexibility index (Phi) is 5.62. The summed E-state index contributed by atoms with van der Waals surface area (Å²) in [6, 6.07) is 1.38. The minimum atomic E-state index is -0.470. The second-order valence-corrected chi connectivity index (χ2v) is 7.03. The Morgan fingerprint density at radius 3 is 2.81 bits per heavy atom. The molecule has 2 aromatic heterocycles. The fourth-order valence-electron chi connectivity index (χ4n) is 3.72. The van der Waals surface area contributed by atoms with Gasteiger partial charge in [0.15, 0.2) is 0 Å². The number of carbonyl (C=O) groups is 2. The normalized spacial score (nSPS) is 17.4. The van der Waals surface area contributed by atoms with E-state index < -0.39 is 6.04 Å². The summed E-state index contributed by atoms with van der Waals surface area (Å²) in [5.41, 5.74) is 3.14. The highest BCUT2D eigenvalue weighted by Gasteiger charge is 2.32. The molecule has 2 amide bonds. The van der Waals surface area contributed by atoms with E-state index in [0.29, 0.717) is 32.4 Å². The standard InChI is InChI=1S/C19H28N6O2/c1-5-25-18(10-11-20-25)24-12-6-7-16(19(24)27)21-17(26)9-8-15-13(2)22-23(4)14(15)3/h10-11,16H,5-9,12H2,1-4H3,(H,21,26). The highest BCUT2D eigenvalue weighted by atomic mass is 16.2. The fraction of sp³-hybridized carbons (Fsp3) is 0.579. The van der Waals surface area contributed by atoms with Crippen LogP contribution in [-0.2, 0) is 29.6 Å². The summed E-state index contributed by atoms with van der Waals surface area (Å²) in [5, 5.41) is 11.6. The van der Waals surface area contributed by atoms with Crippen molar-refractivity contribution in [2.75, 3.05) is 11.4 Å². The maximum atomic E-state index is 12.9. The minimum absolute atomic E-state index is 0.0569. The zero-order valence-corrected chi connectivity index (χ0v) is 16.5. The summed E-state index contributed by atoms with van der Waals surface area (Å²) in [7, 11) is 1.90. The monoisotopic (exact) mass is 372 g/mol. The van der Waals surface area contributed by atoms with Crippen LogP contribution in [0.25, 0.3) is 0 Å². The third-order valence-corrected chi connectivity index (χ3v) is 5.31. The zero-order chi connectivity index (χ0) is 19.6. The van der Waals surface area contributed by atoms with Gasteiger partial charge in [-0.25, -0.2) is 4.68 Å². The van der Waals surface area contributed by atoms with Crippen molar-refractivity contribution in [2.24, 2.45) is 7.05 Å². The molecule has 0 bridgehead atoms. The summed E-state index contributed by atoms with van der Waals surface area (Å²) < 4.78 is 3.64. The number of hydrogen-bond acceptors (Lipinski definition) is 4. The van der Waals surface area contributed by atoms with Crippen LogP contribution in [-0.4, -0.2) is 44.0 Å². The number of piperidine rings is 1. The molecule has 1 N–H and O–H groups in total. The van der Waals surface area contributed by atoms with E-state index in [-0.39, 0.29) is 11.8 Å². The van der Waals surface area contributed by atoms with E-state index in [1.165, 1.54) is 0 Å². The molecular weight excluding hydrogens is 344 g/mol. The number of anilines is 1. The van der Waals surface area contributed by atoms with E-state index in [1.807, 2.05) is 38.6 Å². The molecule has 8 nitrogen and oxygen atoms in total. The van der Waals surface area contributed by atoms with E-state index in [9.17, 15) is 9.59 Å². The number of amides is 2. The van der Waals surface area contributed by atoms with E-state index in [0.717, 1.165) is 29.2 Å². The third kappa shape index (κ3) is 3.89. The van der Waals surface area contributed by atoms with Crippen LogP contribution in [0.4, 0.5) is 5.82 Å². The number of hydrogen-bond donors (Lipinski definition) is 1. The van der Waals surface area contributed by atoms with E-state index in [4.69, 9.17) is 0 Å². The van der Waals surface area contributed by atoms with E-state index in [1.54, 1.807) is 15.8 Å². The quantitative estimate of drug-likeness (QED) is 0.833. The molecule has 1 aliphatic heterocycles. The summed E-state index contributed by atoms with van der Waals surface area (Å²) in [6.07, 6.45) is 4.21. The summed E-state index contributed by atoms with van der Waals surface area (Å²) in [5.74, 6) is 0.642. The van der Waals surface area contributed by atoms with Gasteiger partial charge in [0.2, 0.25) is 5.91 Å². The molecule has 8 heteroatoms. The van der Waals surface area contributed by atoms with Gasteiger partial charge in [0.25, 0.3) is 5.91 Å². The molecule has 0 spiro atoms. The van der Waals surface area contributed by atoms with Gasteiger partial charge in [-0.2, -0.15) is 10.2 Å². The predicted octanol–water partition coefficient (Wildman–Crippen LogP) is 1.50. The Morgan fingerprint density at radius 2 is 2.15 bits per heavy atom. The van der Waals surface area contributed by atoms with Crippen molar-refractivity contribution in [3.8, 4) is 0 Å². The van der Waals surface area contributed by atoms with Gasteiger partial charge in [-0.05, 0) is 45.6 Å². The molecule has 0 aliphatic carbocycles. The molecule has 146 valence electrons. The van der Waals surface area contributed by atoms with Crippen molar-refractivity contribution in [3.05, 3.63) is 29.2 Å². The Bertz CT molecular complexity index is 837. The molecule has 0 saturated carbocycles. The summed E-state index contributed by atoms with van der Waals surface area (Å²) in [6.45, 7) is 7.32. The lowest BCUT2D eigenvalue weighted by molar-refractivity contribution is -0.128. The minimum Gasteiger partial charge on any atom is -0.344 e.